The van der Waals surface area contributed by atoms with E-state index < -0.39 is 11.6 Å². The van der Waals surface area contributed by atoms with Crippen LogP contribution in [0.4, 0.5) is 8.78 Å². The lowest BCUT2D eigenvalue weighted by Crippen LogP contribution is -2.19. The zero-order chi connectivity index (χ0) is 12.6. The first-order valence-corrected chi connectivity index (χ1v) is 6.54. The van der Waals surface area contributed by atoms with Crippen LogP contribution in [0.3, 0.4) is 0 Å². The second-order valence-corrected chi connectivity index (χ2v) is 6.20. The first kappa shape index (κ1) is 13.0. The summed E-state index contributed by atoms with van der Waals surface area (Å²) < 4.78 is 27.4. The molecule has 2 rings (SSSR count). The van der Waals surface area contributed by atoms with Crippen molar-refractivity contribution in [3.8, 4) is 0 Å². The Hall–Kier alpha value is -0.480. The number of hydrogen-bond acceptors (Lipinski definition) is 1. The van der Waals surface area contributed by atoms with Gasteiger partial charge in [-0.1, -0.05) is 13.8 Å². The number of rotatable bonds is 4. The van der Waals surface area contributed by atoms with Crippen molar-refractivity contribution in [3.63, 3.8) is 0 Å². The molecule has 17 heavy (non-hydrogen) atoms. The molecular weight excluding hydrogens is 288 g/mol. The lowest BCUT2D eigenvalue weighted by atomic mass is 10.1. The van der Waals surface area contributed by atoms with Gasteiger partial charge >= 0.3 is 0 Å². The van der Waals surface area contributed by atoms with Crippen LogP contribution in [0.5, 0.6) is 0 Å². The van der Waals surface area contributed by atoms with Crippen molar-refractivity contribution in [3.05, 3.63) is 33.8 Å². The van der Waals surface area contributed by atoms with E-state index in [1.807, 2.05) is 0 Å². The maximum atomic E-state index is 13.6. The first-order chi connectivity index (χ1) is 7.92. The van der Waals surface area contributed by atoms with E-state index in [9.17, 15) is 8.78 Å². The Labute approximate surface area is 109 Å². The Balaban J connectivity index is 1.93. The Kier molecular flexibility index (Phi) is 3.55. The zero-order valence-corrected chi connectivity index (χ0v) is 11.6. The summed E-state index contributed by atoms with van der Waals surface area (Å²) in [6.07, 6.45) is 1.18. The van der Waals surface area contributed by atoms with Gasteiger partial charge in [0.15, 0.2) is 0 Å². The van der Waals surface area contributed by atoms with E-state index in [4.69, 9.17) is 0 Å². The molecule has 0 amide bonds. The molecule has 1 fully saturated rings. The summed E-state index contributed by atoms with van der Waals surface area (Å²) in [5.41, 5.74) is 0.499. The minimum absolute atomic E-state index is 0.109. The molecule has 1 N–H and O–H groups in total. The van der Waals surface area contributed by atoms with Gasteiger partial charge in [-0.25, -0.2) is 8.78 Å². The third-order valence-corrected chi connectivity index (χ3v) is 4.16. The van der Waals surface area contributed by atoms with E-state index >= 15 is 0 Å². The van der Waals surface area contributed by atoms with Gasteiger partial charge in [0.25, 0.3) is 0 Å². The van der Waals surface area contributed by atoms with Gasteiger partial charge in [-0.15, -0.1) is 0 Å². The van der Waals surface area contributed by atoms with Crippen molar-refractivity contribution in [2.75, 3.05) is 6.54 Å². The molecule has 1 aliphatic carbocycles. The van der Waals surface area contributed by atoms with E-state index in [0.29, 0.717) is 15.8 Å². The van der Waals surface area contributed by atoms with Crippen LogP contribution < -0.4 is 5.32 Å². The quantitative estimate of drug-likeness (QED) is 0.833. The van der Waals surface area contributed by atoms with Gasteiger partial charge in [0.2, 0.25) is 0 Å². The standard InChI is InChI=1S/C13H16BrF2N/c1-13(2)5-8(13)6-17-7-9-11(15)4-3-10(14)12(9)16/h3-4,8,17H,5-7H2,1-2H3. The number of nitrogens with one attached hydrogen (secondary N) is 1. The summed E-state index contributed by atoms with van der Waals surface area (Å²) >= 11 is 3.06. The van der Waals surface area contributed by atoms with Gasteiger partial charge < -0.3 is 5.32 Å². The fraction of sp³-hybridized carbons (Fsp3) is 0.538. The zero-order valence-electron chi connectivity index (χ0n) is 9.99. The normalized spacial score (nSPS) is 21.6. The van der Waals surface area contributed by atoms with Gasteiger partial charge in [-0.2, -0.15) is 0 Å². The van der Waals surface area contributed by atoms with Gasteiger partial charge in [-0.05, 0) is 52.4 Å². The topological polar surface area (TPSA) is 12.0 Å². The molecule has 0 aromatic heterocycles. The lowest BCUT2D eigenvalue weighted by molar-refractivity contribution is 0.496. The van der Waals surface area contributed by atoms with Crippen LogP contribution in [0.1, 0.15) is 25.8 Å². The van der Waals surface area contributed by atoms with Gasteiger partial charge in [0.05, 0.1) is 4.47 Å². The maximum Gasteiger partial charge on any atom is 0.144 e. The van der Waals surface area contributed by atoms with Crippen LogP contribution in [0.15, 0.2) is 16.6 Å². The van der Waals surface area contributed by atoms with Crippen LogP contribution in [-0.4, -0.2) is 6.54 Å². The average molecular weight is 304 g/mol. The van der Waals surface area contributed by atoms with Crippen LogP contribution in [-0.2, 0) is 6.54 Å². The van der Waals surface area contributed by atoms with E-state index in [0.717, 1.165) is 6.54 Å². The molecule has 0 saturated heterocycles. The summed E-state index contributed by atoms with van der Waals surface area (Å²) in [5.74, 6) is -0.374. The molecule has 1 aliphatic rings. The Morgan fingerprint density at radius 3 is 2.65 bits per heavy atom. The molecule has 0 bridgehead atoms. The van der Waals surface area contributed by atoms with Crippen molar-refractivity contribution in [1.82, 2.24) is 5.32 Å². The molecule has 1 atom stereocenters. The molecule has 0 aliphatic heterocycles. The van der Waals surface area contributed by atoms with Crippen LogP contribution >= 0.6 is 15.9 Å². The van der Waals surface area contributed by atoms with E-state index in [1.165, 1.54) is 18.6 Å². The van der Waals surface area contributed by atoms with E-state index in [-0.39, 0.29) is 12.1 Å². The summed E-state index contributed by atoms with van der Waals surface area (Å²) in [6.45, 7) is 5.47. The van der Waals surface area contributed by atoms with Crippen molar-refractivity contribution >= 4 is 15.9 Å². The largest absolute Gasteiger partial charge is 0.312 e. The van der Waals surface area contributed by atoms with Crippen molar-refractivity contribution < 1.29 is 8.78 Å². The maximum absolute atomic E-state index is 13.6. The van der Waals surface area contributed by atoms with Gasteiger partial charge in [0.1, 0.15) is 11.6 Å². The van der Waals surface area contributed by atoms with Crippen molar-refractivity contribution in [1.29, 1.82) is 0 Å². The molecule has 0 radical (unpaired) electrons. The molecule has 0 spiro atoms. The first-order valence-electron chi connectivity index (χ1n) is 5.75. The van der Waals surface area contributed by atoms with Crippen LogP contribution in [0, 0.1) is 23.0 Å². The van der Waals surface area contributed by atoms with E-state index in [1.54, 1.807) is 0 Å². The average Bonchev–Trinajstić information content (AvgIpc) is 2.86. The highest BCUT2D eigenvalue weighted by molar-refractivity contribution is 9.10. The molecule has 1 unspecified atom stereocenters. The molecule has 94 valence electrons. The predicted octanol–water partition coefficient (Wildman–Crippen LogP) is 3.86. The molecule has 1 aromatic rings. The molecule has 1 aromatic carbocycles. The highest BCUT2D eigenvalue weighted by Crippen LogP contribution is 2.51. The van der Waals surface area contributed by atoms with E-state index in [2.05, 4.69) is 35.1 Å². The smallest absolute Gasteiger partial charge is 0.144 e. The molecule has 0 heterocycles. The lowest BCUT2D eigenvalue weighted by Gasteiger charge is -2.09. The number of hydrogen-bond donors (Lipinski definition) is 1. The SMILES string of the molecule is CC1(C)CC1CNCc1c(F)ccc(Br)c1F. The Morgan fingerprint density at radius 2 is 2.06 bits per heavy atom. The number of halogens is 3. The van der Waals surface area contributed by atoms with Crippen molar-refractivity contribution in [2.45, 2.75) is 26.8 Å². The molecular formula is C13H16BrF2N. The predicted molar refractivity (Wildman–Crippen MR) is 67.7 cm³/mol. The third kappa shape index (κ3) is 2.86. The minimum Gasteiger partial charge on any atom is -0.312 e. The monoisotopic (exact) mass is 303 g/mol. The third-order valence-electron chi connectivity index (χ3n) is 3.55. The van der Waals surface area contributed by atoms with Gasteiger partial charge in [0, 0.05) is 12.1 Å². The molecule has 1 saturated carbocycles. The molecule has 4 heteroatoms. The summed E-state index contributed by atoms with van der Waals surface area (Å²) in [6, 6.07) is 2.67. The highest BCUT2D eigenvalue weighted by Gasteiger charge is 2.44. The molecule has 1 nitrogen and oxygen atoms in total. The second-order valence-electron chi connectivity index (χ2n) is 5.34. The highest BCUT2D eigenvalue weighted by atomic mass is 79.9. The Morgan fingerprint density at radius 1 is 1.41 bits per heavy atom. The van der Waals surface area contributed by atoms with Crippen LogP contribution in [0.25, 0.3) is 0 Å². The fourth-order valence-corrected chi connectivity index (χ4v) is 2.40. The minimum atomic E-state index is -0.507. The van der Waals surface area contributed by atoms with Crippen molar-refractivity contribution in [2.24, 2.45) is 11.3 Å². The Bertz CT molecular complexity index is 432. The summed E-state index contributed by atoms with van der Waals surface area (Å²) in [7, 11) is 0. The number of benzene rings is 1. The summed E-state index contributed by atoms with van der Waals surface area (Å²) in [5, 5.41) is 3.13. The van der Waals surface area contributed by atoms with Gasteiger partial charge in [-0.3, -0.25) is 0 Å². The summed E-state index contributed by atoms with van der Waals surface area (Å²) in [4.78, 5) is 0. The fourth-order valence-electron chi connectivity index (χ4n) is 2.03. The van der Waals surface area contributed by atoms with Crippen LogP contribution in [0.2, 0.25) is 0 Å². The second kappa shape index (κ2) is 4.65.